The van der Waals surface area contributed by atoms with Crippen molar-refractivity contribution in [2.45, 2.75) is 37.4 Å². The fourth-order valence-corrected chi connectivity index (χ4v) is 1.49. The zero-order chi connectivity index (χ0) is 8.41. The molecule has 1 nitrogen and oxygen atoms in total. The third-order valence-corrected chi connectivity index (χ3v) is 2.56. The van der Waals surface area contributed by atoms with Crippen molar-refractivity contribution in [2.24, 2.45) is 0 Å². The molecule has 0 radical (unpaired) electrons. The highest BCUT2D eigenvalue weighted by molar-refractivity contribution is 8.11. The summed E-state index contributed by atoms with van der Waals surface area (Å²) in [6, 6.07) is 0. The van der Waals surface area contributed by atoms with Gasteiger partial charge in [-0.25, -0.2) is 0 Å². The summed E-state index contributed by atoms with van der Waals surface area (Å²) in [5.74, 6) is 0. The van der Waals surface area contributed by atoms with E-state index in [1.165, 1.54) is 0 Å². The van der Waals surface area contributed by atoms with Crippen LogP contribution in [0.3, 0.4) is 0 Å². The van der Waals surface area contributed by atoms with Crippen molar-refractivity contribution in [1.82, 2.24) is 5.32 Å². The van der Waals surface area contributed by atoms with Crippen LogP contribution in [0.25, 0.3) is 0 Å². The van der Waals surface area contributed by atoms with E-state index in [2.05, 4.69) is 45.6 Å². The Morgan fingerprint density at radius 3 is 1.70 bits per heavy atom. The molecular formula is C7H17NS2. The highest BCUT2D eigenvalue weighted by Crippen LogP contribution is 2.25. The second kappa shape index (κ2) is 3.37. The lowest BCUT2D eigenvalue weighted by atomic mass is 10.1. The lowest BCUT2D eigenvalue weighted by Gasteiger charge is -2.32. The number of hydrogen-bond acceptors (Lipinski definition) is 3. The molecule has 1 N–H and O–H groups in total. The predicted molar refractivity (Wildman–Crippen MR) is 53.8 cm³/mol. The molecule has 0 heterocycles. The molecule has 0 aromatic carbocycles. The molecule has 3 heteroatoms. The Balaban J connectivity index is 3.89. The zero-order valence-corrected chi connectivity index (χ0v) is 9.07. The van der Waals surface area contributed by atoms with Gasteiger partial charge in [0.2, 0.25) is 0 Å². The SMILES string of the molecule is CSC(C)(S)NC(C)(C)C. The summed E-state index contributed by atoms with van der Waals surface area (Å²) in [7, 11) is 0. The topological polar surface area (TPSA) is 12.0 Å². The number of hydrogen-bond donors (Lipinski definition) is 2. The fraction of sp³-hybridized carbons (Fsp3) is 1.00. The molecule has 10 heavy (non-hydrogen) atoms. The molecule has 0 fully saturated rings. The number of thiol groups is 1. The van der Waals surface area contributed by atoms with Crippen molar-refractivity contribution >= 4 is 24.4 Å². The van der Waals surface area contributed by atoms with Crippen molar-refractivity contribution in [1.29, 1.82) is 0 Å². The van der Waals surface area contributed by atoms with E-state index in [0.717, 1.165) is 0 Å². The molecule has 0 spiro atoms. The third kappa shape index (κ3) is 5.45. The first-order chi connectivity index (χ1) is 4.27. The first-order valence-corrected chi connectivity index (χ1v) is 5.01. The minimum atomic E-state index is -0.113. The van der Waals surface area contributed by atoms with E-state index in [4.69, 9.17) is 0 Å². The Morgan fingerprint density at radius 1 is 1.20 bits per heavy atom. The van der Waals surface area contributed by atoms with Crippen LogP contribution in [0.5, 0.6) is 0 Å². The molecule has 0 amide bonds. The monoisotopic (exact) mass is 179 g/mol. The Labute approximate surface area is 73.8 Å². The van der Waals surface area contributed by atoms with Crippen molar-refractivity contribution in [2.75, 3.05) is 6.26 Å². The first-order valence-electron chi connectivity index (χ1n) is 3.34. The van der Waals surface area contributed by atoms with Crippen LogP contribution in [-0.2, 0) is 0 Å². The van der Waals surface area contributed by atoms with Gasteiger partial charge in [-0.2, -0.15) is 0 Å². The summed E-state index contributed by atoms with van der Waals surface area (Å²) in [6.07, 6.45) is 2.05. The summed E-state index contributed by atoms with van der Waals surface area (Å²) in [5.41, 5.74) is 0.138. The lowest BCUT2D eigenvalue weighted by Crippen LogP contribution is -2.46. The molecule has 1 atom stereocenters. The molecule has 0 aromatic heterocycles. The smallest absolute Gasteiger partial charge is 0.106 e. The molecule has 0 saturated heterocycles. The molecule has 0 aliphatic rings. The van der Waals surface area contributed by atoms with E-state index >= 15 is 0 Å². The Kier molecular flexibility index (Phi) is 3.59. The van der Waals surface area contributed by atoms with Crippen LogP contribution in [0.15, 0.2) is 0 Å². The molecule has 0 bridgehead atoms. The highest BCUT2D eigenvalue weighted by Gasteiger charge is 2.23. The maximum absolute atomic E-state index is 4.43. The van der Waals surface area contributed by atoms with Gasteiger partial charge < -0.3 is 0 Å². The summed E-state index contributed by atoms with van der Waals surface area (Å²) in [6.45, 7) is 8.47. The van der Waals surface area contributed by atoms with Gasteiger partial charge in [0.1, 0.15) is 4.20 Å². The van der Waals surface area contributed by atoms with Gasteiger partial charge in [0.25, 0.3) is 0 Å². The second-order valence-corrected chi connectivity index (χ2v) is 5.98. The Hall–Kier alpha value is 0.660. The zero-order valence-electron chi connectivity index (χ0n) is 7.36. The standard InChI is InChI=1S/C7H17NS2/c1-6(2,3)8-7(4,9)10-5/h8-9H,1-5H3. The highest BCUT2D eigenvalue weighted by atomic mass is 32.2. The quantitative estimate of drug-likeness (QED) is 0.498. The van der Waals surface area contributed by atoms with E-state index in [-0.39, 0.29) is 9.74 Å². The van der Waals surface area contributed by atoms with Gasteiger partial charge in [-0.3, -0.25) is 5.32 Å². The van der Waals surface area contributed by atoms with Crippen LogP contribution in [0.4, 0.5) is 0 Å². The summed E-state index contributed by atoms with van der Waals surface area (Å²) in [4.78, 5) is 0. The minimum Gasteiger partial charge on any atom is -0.290 e. The van der Waals surface area contributed by atoms with Gasteiger partial charge in [0.15, 0.2) is 0 Å². The maximum Gasteiger partial charge on any atom is 0.106 e. The molecule has 0 saturated carbocycles. The average molecular weight is 179 g/mol. The van der Waals surface area contributed by atoms with Gasteiger partial charge in [0.05, 0.1) is 0 Å². The summed E-state index contributed by atoms with van der Waals surface area (Å²) < 4.78 is -0.113. The summed E-state index contributed by atoms with van der Waals surface area (Å²) >= 11 is 6.14. The number of nitrogens with one attached hydrogen (secondary N) is 1. The first kappa shape index (κ1) is 10.7. The molecular weight excluding hydrogens is 162 g/mol. The largest absolute Gasteiger partial charge is 0.290 e. The third-order valence-electron chi connectivity index (χ3n) is 1.00. The van der Waals surface area contributed by atoms with Crippen LogP contribution >= 0.6 is 24.4 Å². The molecule has 0 aliphatic carbocycles. The normalized spacial score (nSPS) is 18.6. The van der Waals surface area contributed by atoms with Gasteiger partial charge in [-0.05, 0) is 34.0 Å². The molecule has 0 aliphatic heterocycles. The molecule has 62 valence electrons. The van der Waals surface area contributed by atoms with Crippen molar-refractivity contribution in [3.63, 3.8) is 0 Å². The van der Waals surface area contributed by atoms with E-state index in [1.807, 2.05) is 6.26 Å². The van der Waals surface area contributed by atoms with Gasteiger partial charge in [0, 0.05) is 5.54 Å². The molecule has 1 unspecified atom stereocenters. The fourth-order valence-electron chi connectivity index (χ4n) is 0.747. The molecule has 0 aromatic rings. The minimum absolute atomic E-state index is 0.113. The van der Waals surface area contributed by atoms with Crippen LogP contribution < -0.4 is 5.32 Å². The van der Waals surface area contributed by atoms with Crippen molar-refractivity contribution < 1.29 is 0 Å². The van der Waals surface area contributed by atoms with E-state index < -0.39 is 0 Å². The lowest BCUT2D eigenvalue weighted by molar-refractivity contribution is 0.410. The van der Waals surface area contributed by atoms with E-state index in [9.17, 15) is 0 Å². The van der Waals surface area contributed by atoms with Gasteiger partial charge in [-0.15, -0.1) is 24.4 Å². The van der Waals surface area contributed by atoms with Crippen molar-refractivity contribution in [3.8, 4) is 0 Å². The summed E-state index contributed by atoms with van der Waals surface area (Å²) in [5, 5.41) is 3.37. The number of thioether (sulfide) groups is 1. The van der Waals surface area contributed by atoms with Crippen LogP contribution in [0.2, 0.25) is 0 Å². The average Bonchev–Trinajstić information content (AvgIpc) is 1.60. The number of rotatable bonds is 2. The second-order valence-electron chi connectivity index (χ2n) is 3.56. The van der Waals surface area contributed by atoms with E-state index in [0.29, 0.717) is 0 Å². The predicted octanol–water partition coefficient (Wildman–Crippen LogP) is 2.34. The van der Waals surface area contributed by atoms with Crippen molar-refractivity contribution in [3.05, 3.63) is 0 Å². The van der Waals surface area contributed by atoms with E-state index in [1.54, 1.807) is 11.8 Å². The van der Waals surface area contributed by atoms with Crippen LogP contribution in [-0.4, -0.2) is 16.0 Å². The molecule has 0 rings (SSSR count). The Morgan fingerprint density at radius 2 is 1.60 bits per heavy atom. The van der Waals surface area contributed by atoms with Gasteiger partial charge in [-0.1, -0.05) is 0 Å². The Bertz CT molecular complexity index is 105. The van der Waals surface area contributed by atoms with Crippen LogP contribution in [0.1, 0.15) is 27.7 Å². The maximum atomic E-state index is 4.43. The van der Waals surface area contributed by atoms with Gasteiger partial charge >= 0.3 is 0 Å². The van der Waals surface area contributed by atoms with Crippen LogP contribution in [0, 0.1) is 0 Å².